The Hall–Kier alpha value is 0.360. The number of halogens is 1. The molecule has 19 heavy (non-hydrogen) atoms. The van der Waals surface area contributed by atoms with Crippen LogP contribution in [0.15, 0.2) is 0 Å². The van der Waals surface area contributed by atoms with E-state index in [0.717, 1.165) is 12.8 Å². The van der Waals surface area contributed by atoms with Gasteiger partial charge in [0.25, 0.3) is 0 Å². The van der Waals surface area contributed by atoms with Crippen LogP contribution >= 0.6 is 0 Å². The fourth-order valence-electron chi connectivity index (χ4n) is 2.25. The van der Waals surface area contributed by atoms with Crippen LogP contribution in [0.1, 0.15) is 84.0 Å². The molecule has 0 saturated heterocycles. The van der Waals surface area contributed by atoms with Crippen molar-refractivity contribution in [1.82, 2.24) is 0 Å². The van der Waals surface area contributed by atoms with Gasteiger partial charge in [0.2, 0.25) is 0 Å². The summed E-state index contributed by atoms with van der Waals surface area (Å²) in [6, 6.07) is 0. The third-order valence-corrected chi connectivity index (χ3v) is 3.44. The van der Waals surface area contributed by atoms with Crippen molar-refractivity contribution in [3.05, 3.63) is 0 Å². The highest BCUT2D eigenvalue weighted by molar-refractivity contribution is 4.48. The van der Waals surface area contributed by atoms with Crippen LogP contribution in [-0.2, 0) is 0 Å². The molecule has 0 fully saturated rings. The Morgan fingerprint density at radius 3 is 1.26 bits per heavy atom. The lowest BCUT2D eigenvalue weighted by molar-refractivity contribution is -1.23. The predicted molar refractivity (Wildman–Crippen MR) is 75.7 cm³/mol. The molecule has 0 atom stereocenters. The summed E-state index contributed by atoms with van der Waals surface area (Å²) in [5, 5.41) is 18.1. The summed E-state index contributed by atoms with van der Waals surface area (Å²) in [4.78, 5) is -0.877. The zero-order valence-corrected chi connectivity index (χ0v) is 14.5. The van der Waals surface area contributed by atoms with E-state index in [4.69, 9.17) is 10.4 Å². The van der Waals surface area contributed by atoms with E-state index in [1.807, 2.05) is 0 Å². The van der Waals surface area contributed by atoms with Crippen LogP contribution in [-0.4, -0.2) is 28.8 Å². The summed E-state index contributed by atoms with van der Waals surface area (Å²) in [7, 11) is 1.40. The molecule has 0 aliphatic rings. The second-order valence-corrected chi connectivity index (χ2v) is 5.70. The van der Waals surface area contributed by atoms with Crippen LogP contribution in [0.25, 0.3) is 0 Å². The van der Waals surface area contributed by atoms with Crippen LogP contribution in [0.3, 0.4) is 0 Å². The van der Waals surface area contributed by atoms with Gasteiger partial charge in [-0.2, -0.15) is 10.4 Å². The smallest absolute Gasteiger partial charge is 0.141 e. The Morgan fingerprint density at radius 1 is 0.632 bits per heavy atom. The zero-order valence-electron chi connectivity index (χ0n) is 12.9. The van der Waals surface area contributed by atoms with Gasteiger partial charge in [0.05, 0.1) is 0 Å². The van der Waals surface area contributed by atoms with Crippen molar-refractivity contribution in [3.8, 4) is 0 Å². The average molecular weight is 340 g/mol. The highest BCUT2D eigenvalue weighted by atomic mass is 79.9. The van der Waals surface area contributed by atoms with Crippen LogP contribution in [0.5, 0.6) is 0 Å². The van der Waals surface area contributed by atoms with Crippen LogP contribution < -0.4 is 17.0 Å². The van der Waals surface area contributed by atoms with Gasteiger partial charge < -0.3 is 17.0 Å². The number of rotatable bonds is 13. The second-order valence-electron chi connectivity index (χ2n) is 5.70. The summed E-state index contributed by atoms with van der Waals surface area (Å²) >= 11 is 0. The summed E-state index contributed by atoms with van der Waals surface area (Å²) in [5.74, 6) is 0. The molecule has 0 rings (SSSR count). The number of hydrogen-bond donors (Lipinski definition) is 2. The number of unbranched alkanes of at least 4 members (excludes halogenated alkanes) is 11. The molecular formula is C15H34BrNO2. The Kier molecular flexibility index (Phi) is 16.8. The highest BCUT2D eigenvalue weighted by Crippen LogP contribution is 2.12. The van der Waals surface area contributed by atoms with Gasteiger partial charge in [-0.25, -0.2) is 0 Å². The number of hydroxylamine groups is 4. The minimum absolute atomic E-state index is 0. The normalized spacial score (nSPS) is 11.4. The summed E-state index contributed by atoms with van der Waals surface area (Å²) in [6.45, 7) is 2.70. The number of nitrogens with zero attached hydrogens (tertiary/aromatic N) is 1. The summed E-state index contributed by atoms with van der Waals surface area (Å²) < 4.78 is 0. The molecular weight excluding hydrogens is 306 g/mol. The predicted octanol–water partition coefficient (Wildman–Crippen LogP) is 1.92. The molecule has 0 heterocycles. The SMILES string of the molecule is CCCCCCCCCCCCCC[N+](C)(O)O.[Br-]. The van der Waals surface area contributed by atoms with Crippen molar-refractivity contribution in [2.75, 3.05) is 13.6 Å². The lowest BCUT2D eigenvalue weighted by Gasteiger charge is -2.14. The molecule has 0 aliphatic heterocycles. The molecule has 0 amide bonds. The van der Waals surface area contributed by atoms with Crippen molar-refractivity contribution in [2.24, 2.45) is 0 Å². The first kappa shape index (κ1) is 21.7. The zero-order chi connectivity index (χ0) is 13.7. The minimum Gasteiger partial charge on any atom is -1.00 e. The largest absolute Gasteiger partial charge is 1.00 e. The third kappa shape index (κ3) is 20.8. The summed E-state index contributed by atoms with van der Waals surface area (Å²) in [6.07, 6.45) is 15.6. The molecule has 0 aromatic rings. The van der Waals surface area contributed by atoms with Crippen molar-refractivity contribution in [2.45, 2.75) is 84.0 Å². The fraction of sp³-hybridized carbons (Fsp3) is 1.00. The van der Waals surface area contributed by atoms with Gasteiger partial charge >= 0.3 is 0 Å². The molecule has 0 aromatic carbocycles. The van der Waals surface area contributed by atoms with E-state index in [1.54, 1.807) is 0 Å². The Morgan fingerprint density at radius 2 is 0.947 bits per heavy atom. The molecule has 0 spiro atoms. The molecule has 0 aliphatic carbocycles. The van der Waals surface area contributed by atoms with Crippen molar-refractivity contribution in [3.63, 3.8) is 0 Å². The monoisotopic (exact) mass is 339 g/mol. The minimum atomic E-state index is -0.877. The van der Waals surface area contributed by atoms with E-state index in [-0.39, 0.29) is 17.0 Å². The van der Waals surface area contributed by atoms with Crippen LogP contribution in [0.4, 0.5) is 0 Å². The van der Waals surface area contributed by atoms with E-state index >= 15 is 0 Å². The van der Waals surface area contributed by atoms with Gasteiger partial charge in [0.1, 0.15) is 13.6 Å². The standard InChI is InChI=1S/C15H34NO2.BrH/c1-3-4-5-6-7-8-9-10-11-12-13-14-15-16(2,17)18;/h17-18H,3-15H2,1-2H3;1H/q+1;/p-1. The number of quaternary nitrogens is 1. The molecule has 0 saturated carbocycles. The van der Waals surface area contributed by atoms with Crippen molar-refractivity contribution >= 4 is 0 Å². The van der Waals surface area contributed by atoms with E-state index in [2.05, 4.69) is 6.92 Å². The fourth-order valence-corrected chi connectivity index (χ4v) is 2.25. The van der Waals surface area contributed by atoms with Crippen LogP contribution in [0, 0.1) is 0 Å². The average Bonchev–Trinajstić information content (AvgIpc) is 2.29. The molecule has 0 aromatic heterocycles. The topological polar surface area (TPSA) is 40.5 Å². The lowest BCUT2D eigenvalue weighted by Crippen LogP contribution is -3.00. The Bertz CT molecular complexity index is 172. The van der Waals surface area contributed by atoms with Crippen LogP contribution in [0.2, 0.25) is 0 Å². The Balaban J connectivity index is 0. The molecule has 4 heteroatoms. The molecule has 3 nitrogen and oxygen atoms in total. The summed E-state index contributed by atoms with van der Waals surface area (Å²) in [5.41, 5.74) is 0. The number of hydrogen-bond acceptors (Lipinski definition) is 2. The molecule has 0 bridgehead atoms. The molecule has 2 N–H and O–H groups in total. The lowest BCUT2D eigenvalue weighted by atomic mass is 10.1. The maximum Gasteiger partial charge on any atom is 0.141 e. The van der Waals surface area contributed by atoms with Gasteiger partial charge in [-0.05, 0) is 6.42 Å². The third-order valence-electron chi connectivity index (χ3n) is 3.44. The van der Waals surface area contributed by atoms with Gasteiger partial charge in [-0.15, -0.1) is 0 Å². The van der Waals surface area contributed by atoms with Gasteiger partial charge in [0.15, 0.2) is 0 Å². The highest BCUT2D eigenvalue weighted by Gasteiger charge is 2.12. The van der Waals surface area contributed by atoms with Gasteiger partial charge in [-0.1, -0.05) is 75.9 Å². The quantitative estimate of drug-likeness (QED) is 0.306. The maximum atomic E-state index is 9.07. The van der Waals surface area contributed by atoms with E-state index in [9.17, 15) is 0 Å². The van der Waals surface area contributed by atoms with Crippen molar-refractivity contribution < 1.29 is 32.2 Å². The molecule has 0 radical (unpaired) electrons. The first-order valence-electron chi connectivity index (χ1n) is 7.87. The van der Waals surface area contributed by atoms with Crippen molar-refractivity contribution in [1.29, 1.82) is 0 Å². The first-order chi connectivity index (χ1) is 8.56. The van der Waals surface area contributed by atoms with E-state index in [0.29, 0.717) is 6.54 Å². The van der Waals surface area contributed by atoms with E-state index in [1.165, 1.54) is 71.3 Å². The maximum absolute atomic E-state index is 9.07. The molecule has 0 unspecified atom stereocenters. The van der Waals surface area contributed by atoms with Gasteiger partial charge in [0, 0.05) is 6.42 Å². The first-order valence-corrected chi connectivity index (χ1v) is 7.87. The van der Waals surface area contributed by atoms with Gasteiger partial charge in [-0.3, -0.25) is 0 Å². The second kappa shape index (κ2) is 14.8. The molecule has 118 valence electrons. The Labute approximate surface area is 130 Å². The van der Waals surface area contributed by atoms with E-state index < -0.39 is 4.81 Å².